The number of hydrogen-bond acceptors (Lipinski definition) is 4. The summed E-state index contributed by atoms with van der Waals surface area (Å²) in [7, 11) is -0.501. The molecule has 0 radical (unpaired) electrons. The maximum atomic E-state index is 12.6. The van der Waals surface area contributed by atoms with Crippen molar-refractivity contribution in [1.29, 1.82) is 0 Å². The van der Waals surface area contributed by atoms with Crippen molar-refractivity contribution in [3.63, 3.8) is 0 Å². The minimum Gasteiger partial charge on any atom is -0.492 e. The fourth-order valence-corrected chi connectivity index (χ4v) is 2.62. The second kappa shape index (κ2) is 6.87. The number of aromatic nitrogens is 2. The van der Waals surface area contributed by atoms with Crippen LogP contribution in [0.5, 0.6) is 5.75 Å². The number of ether oxygens (including phenoxy) is 1. The van der Waals surface area contributed by atoms with E-state index in [-0.39, 0.29) is 13.2 Å². The standard InChI is InChI=1S/C18H22BF3N2O3/c1-16(2)17(3,4)27-19(26-16)14-6-5-7-15(10-14)25-9-8-24-12-13(11-23-24)18(20,21)22/h5-7,10-12H,8-9H2,1-4H3. The molecule has 0 spiro atoms. The van der Waals surface area contributed by atoms with Crippen LogP contribution in [0, 0.1) is 0 Å². The van der Waals surface area contributed by atoms with Gasteiger partial charge in [-0.3, -0.25) is 4.68 Å². The molecule has 0 N–H and O–H groups in total. The van der Waals surface area contributed by atoms with Crippen LogP contribution in [0.2, 0.25) is 0 Å². The molecular formula is C18H22BF3N2O3. The topological polar surface area (TPSA) is 45.5 Å². The van der Waals surface area contributed by atoms with E-state index in [4.69, 9.17) is 14.0 Å². The van der Waals surface area contributed by atoms with E-state index < -0.39 is 30.1 Å². The van der Waals surface area contributed by atoms with E-state index in [0.717, 1.165) is 17.9 Å². The fourth-order valence-electron chi connectivity index (χ4n) is 2.62. The van der Waals surface area contributed by atoms with Gasteiger partial charge in [-0.25, -0.2) is 0 Å². The summed E-state index contributed by atoms with van der Waals surface area (Å²) in [5.41, 5.74) is -0.829. The normalized spacial score (nSPS) is 18.7. The highest BCUT2D eigenvalue weighted by atomic mass is 19.4. The Hall–Kier alpha value is -2.00. The van der Waals surface area contributed by atoms with Gasteiger partial charge in [-0.05, 0) is 45.3 Å². The van der Waals surface area contributed by atoms with Gasteiger partial charge in [0.2, 0.25) is 0 Å². The Morgan fingerprint density at radius 1 is 1.15 bits per heavy atom. The summed E-state index contributed by atoms with van der Waals surface area (Å²) in [6.45, 7) is 8.31. The van der Waals surface area contributed by atoms with Gasteiger partial charge >= 0.3 is 13.3 Å². The average molecular weight is 382 g/mol. The van der Waals surface area contributed by atoms with E-state index in [1.807, 2.05) is 45.9 Å². The molecule has 0 amide bonds. The third kappa shape index (κ3) is 4.30. The molecule has 1 aromatic carbocycles. The number of rotatable bonds is 5. The predicted molar refractivity (Wildman–Crippen MR) is 94.9 cm³/mol. The van der Waals surface area contributed by atoms with Crippen molar-refractivity contribution in [2.24, 2.45) is 0 Å². The number of nitrogens with zero attached hydrogens (tertiary/aromatic N) is 2. The van der Waals surface area contributed by atoms with Crippen molar-refractivity contribution < 1.29 is 27.2 Å². The van der Waals surface area contributed by atoms with Crippen molar-refractivity contribution in [3.05, 3.63) is 42.2 Å². The summed E-state index contributed by atoms with van der Waals surface area (Å²) in [4.78, 5) is 0. The molecule has 27 heavy (non-hydrogen) atoms. The van der Waals surface area contributed by atoms with E-state index in [0.29, 0.717) is 5.75 Å². The molecule has 9 heteroatoms. The summed E-state index contributed by atoms with van der Waals surface area (Å²) < 4.78 is 56.6. The van der Waals surface area contributed by atoms with Crippen LogP contribution in [0.1, 0.15) is 33.3 Å². The van der Waals surface area contributed by atoms with E-state index in [2.05, 4.69) is 5.10 Å². The summed E-state index contributed by atoms with van der Waals surface area (Å²) in [6, 6.07) is 7.30. The van der Waals surface area contributed by atoms with E-state index in [1.54, 1.807) is 6.07 Å². The molecule has 1 aliphatic rings. The van der Waals surface area contributed by atoms with E-state index >= 15 is 0 Å². The van der Waals surface area contributed by atoms with E-state index in [9.17, 15) is 13.2 Å². The Kier molecular flexibility index (Phi) is 5.03. The van der Waals surface area contributed by atoms with Crippen molar-refractivity contribution in [2.75, 3.05) is 6.61 Å². The van der Waals surface area contributed by atoms with Gasteiger partial charge in [0.1, 0.15) is 12.4 Å². The molecule has 1 saturated heterocycles. The van der Waals surface area contributed by atoms with Gasteiger partial charge in [-0.2, -0.15) is 18.3 Å². The van der Waals surface area contributed by atoms with Gasteiger partial charge in [0.25, 0.3) is 0 Å². The van der Waals surface area contributed by atoms with Crippen LogP contribution < -0.4 is 10.2 Å². The number of alkyl halides is 3. The molecular weight excluding hydrogens is 360 g/mol. The third-order valence-corrected chi connectivity index (χ3v) is 4.93. The Morgan fingerprint density at radius 3 is 2.41 bits per heavy atom. The first-order chi connectivity index (χ1) is 12.5. The lowest BCUT2D eigenvalue weighted by Crippen LogP contribution is -2.41. The lowest BCUT2D eigenvalue weighted by molar-refractivity contribution is -0.137. The van der Waals surface area contributed by atoms with Crippen LogP contribution in [0.25, 0.3) is 0 Å². The maximum absolute atomic E-state index is 12.6. The summed E-state index contributed by atoms with van der Waals surface area (Å²) in [6.07, 6.45) is -2.63. The molecule has 1 fully saturated rings. The van der Waals surface area contributed by atoms with Gasteiger partial charge in [0.15, 0.2) is 0 Å². The van der Waals surface area contributed by atoms with Crippen LogP contribution in [0.4, 0.5) is 13.2 Å². The van der Waals surface area contributed by atoms with Crippen molar-refractivity contribution in [3.8, 4) is 5.75 Å². The molecule has 2 aromatic rings. The van der Waals surface area contributed by atoms with Gasteiger partial charge in [-0.1, -0.05) is 12.1 Å². The quantitative estimate of drug-likeness (QED) is 0.745. The predicted octanol–water partition coefficient (Wildman–Crippen LogP) is 3.28. The van der Waals surface area contributed by atoms with Crippen molar-refractivity contribution in [2.45, 2.75) is 51.6 Å². The lowest BCUT2D eigenvalue weighted by Gasteiger charge is -2.32. The average Bonchev–Trinajstić information content (AvgIpc) is 3.10. The molecule has 0 atom stereocenters. The second-order valence-electron chi connectivity index (χ2n) is 7.50. The highest BCUT2D eigenvalue weighted by molar-refractivity contribution is 6.62. The van der Waals surface area contributed by atoms with Gasteiger partial charge < -0.3 is 14.0 Å². The van der Waals surface area contributed by atoms with Gasteiger partial charge in [0.05, 0.1) is 29.5 Å². The molecule has 1 aliphatic heterocycles. The summed E-state index contributed by atoms with van der Waals surface area (Å²) in [5, 5.41) is 3.70. The maximum Gasteiger partial charge on any atom is 0.494 e. The Morgan fingerprint density at radius 2 is 1.81 bits per heavy atom. The zero-order chi connectivity index (χ0) is 19.9. The summed E-state index contributed by atoms with van der Waals surface area (Å²) >= 11 is 0. The molecule has 0 saturated carbocycles. The smallest absolute Gasteiger partial charge is 0.492 e. The second-order valence-corrected chi connectivity index (χ2v) is 7.50. The van der Waals surface area contributed by atoms with Gasteiger partial charge in [-0.15, -0.1) is 0 Å². The minimum absolute atomic E-state index is 0.186. The minimum atomic E-state index is -4.39. The fraction of sp³-hybridized carbons (Fsp3) is 0.500. The molecule has 3 rings (SSSR count). The van der Waals surface area contributed by atoms with Crippen LogP contribution in [0.15, 0.2) is 36.7 Å². The number of halogens is 3. The lowest BCUT2D eigenvalue weighted by atomic mass is 9.79. The van der Waals surface area contributed by atoms with Crippen LogP contribution in [-0.2, 0) is 22.0 Å². The SMILES string of the molecule is CC1(C)OB(c2cccc(OCCn3cc(C(F)(F)F)cn3)c2)OC1(C)C. The largest absolute Gasteiger partial charge is 0.494 e. The Bertz CT molecular complexity index is 789. The first-order valence-electron chi connectivity index (χ1n) is 8.66. The first kappa shape index (κ1) is 19.8. The zero-order valence-corrected chi connectivity index (χ0v) is 15.7. The molecule has 1 aromatic heterocycles. The highest BCUT2D eigenvalue weighted by Crippen LogP contribution is 2.36. The first-order valence-corrected chi connectivity index (χ1v) is 8.66. The Balaban J connectivity index is 1.60. The molecule has 2 heterocycles. The molecule has 0 bridgehead atoms. The van der Waals surface area contributed by atoms with Crippen LogP contribution in [-0.4, -0.2) is 34.7 Å². The molecule has 146 valence electrons. The third-order valence-electron chi connectivity index (χ3n) is 4.93. The molecule has 5 nitrogen and oxygen atoms in total. The Labute approximate surface area is 156 Å². The molecule has 0 unspecified atom stereocenters. The van der Waals surface area contributed by atoms with Crippen molar-refractivity contribution in [1.82, 2.24) is 9.78 Å². The summed E-state index contributed by atoms with van der Waals surface area (Å²) in [5.74, 6) is 0.588. The number of hydrogen-bond donors (Lipinski definition) is 0. The number of benzene rings is 1. The van der Waals surface area contributed by atoms with E-state index in [1.165, 1.54) is 4.68 Å². The van der Waals surface area contributed by atoms with Crippen LogP contribution >= 0.6 is 0 Å². The van der Waals surface area contributed by atoms with Gasteiger partial charge in [0, 0.05) is 6.20 Å². The zero-order valence-electron chi connectivity index (χ0n) is 15.7. The molecule has 0 aliphatic carbocycles. The van der Waals surface area contributed by atoms with Crippen LogP contribution in [0.3, 0.4) is 0 Å². The van der Waals surface area contributed by atoms with Crippen molar-refractivity contribution >= 4 is 12.6 Å². The monoisotopic (exact) mass is 382 g/mol. The highest BCUT2D eigenvalue weighted by Gasteiger charge is 2.51.